The molecule has 0 bridgehead atoms. The Bertz CT molecular complexity index is 1020. The number of nitrogens with one attached hydrogen (secondary N) is 1. The van der Waals surface area contributed by atoms with Gasteiger partial charge in [-0.25, -0.2) is 4.98 Å². The molecule has 1 heterocycles. The summed E-state index contributed by atoms with van der Waals surface area (Å²) in [6.07, 6.45) is -4.44. The fourth-order valence-corrected chi connectivity index (χ4v) is 3.16. The summed E-state index contributed by atoms with van der Waals surface area (Å²) >= 11 is 1.10. The van der Waals surface area contributed by atoms with Gasteiger partial charge in [-0.3, -0.25) is 4.79 Å². The van der Waals surface area contributed by atoms with Crippen LogP contribution in [0.15, 0.2) is 53.9 Å². The van der Waals surface area contributed by atoms with Gasteiger partial charge in [0.1, 0.15) is 10.7 Å². The van der Waals surface area contributed by atoms with Crippen LogP contribution in [0, 0.1) is 11.3 Å². The van der Waals surface area contributed by atoms with Gasteiger partial charge in [-0.1, -0.05) is 24.3 Å². The van der Waals surface area contributed by atoms with Crippen LogP contribution < -0.4 is 5.32 Å². The number of benzene rings is 2. The fraction of sp³-hybridized carbons (Fsp3) is 0.105. The number of carbonyl (C=O) groups excluding carboxylic acids is 1. The Hall–Kier alpha value is -3.18. The molecule has 1 N–H and O–H groups in total. The number of alkyl halides is 3. The highest BCUT2D eigenvalue weighted by Gasteiger charge is 2.30. The molecule has 2 aromatic carbocycles. The van der Waals surface area contributed by atoms with Gasteiger partial charge in [0.2, 0.25) is 0 Å². The first-order valence-electron chi connectivity index (χ1n) is 7.77. The van der Waals surface area contributed by atoms with Crippen LogP contribution in [-0.2, 0) is 12.7 Å². The van der Waals surface area contributed by atoms with E-state index in [1.807, 2.05) is 6.07 Å². The standard InChI is InChI=1S/C19H12F3N3OS/c20-19(21,22)15-6-2-5-14(8-15)18-25-16(11-27-18)17(26)24-10-13-4-1-3-12(7-13)9-23/h1-8,11H,10H2,(H,24,26). The van der Waals surface area contributed by atoms with E-state index in [-0.39, 0.29) is 12.2 Å². The third kappa shape index (κ3) is 4.51. The number of carbonyl (C=O) groups is 1. The second-order valence-corrected chi connectivity index (χ2v) is 6.47. The molecular weight excluding hydrogens is 375 g/mol. The maximum absolute atomic E-state index is 12.8. The normalized spacial score (nSPS) is 11.0. The predicted octanol–water partition coefficient (Wildman–Crippen LogP) is 4.63. The molecule has 0 fully saturated rings. The Morgan fingerprint density at radius 1 is 1.19 bits per heavy atom. The predicted molar refractivity (Wildman–Crippen MR) is 94.9 cm³/mol. The number of nitrogens with zero attached hydrogens (tertiary/aromatic N) is 2. The minimum atomic E-state index is -4.44. The highest BCUT2D eigenvalue weighted by Crippen LogP contribution is 2.33. The lowest BCUT2D eigenvalue weighted by Gasteiger charge is -2.07. The summed E-state index contributed by atoms with van der Waals surface area (Å²) in [6.45, 7) is 0.213. The maximum Gasteiger partial charge on any atom is 0.416 e. The average molecular weight is 387 g/mol. The van der Waals surface area contributed by atoms with Crippen molar-refractivity contribution in [1.29, 1.82) is 5.26 Å². The van der Waals surface area contributed by atoms with Crippen LogP contribution in [0.25, 0.3) is 10.6 Å². The van der Waals surface area contributed by atoms with Crippen LogP contribution in [0.5, 0.6) is 0 Å². The monoisotopic (exact) mass is 387 g/mol. The van der Waals surface area contributed by atoms with Crippen molar-refractivity contribution in [2.75, 3.05) is 0 Å². The van der Waals surface area contributed by atoms with Crippen molar-refractivity contribution in [3.63, 3.8) is 0 Å². The van der Waals surface area contributed by atoms with Gasteiger partial charge in [-0.2, -0.15) is 18.4 Å². The van der Waals surface area contributed by atoms with Gasteiger partial charge in [-0.15, -0.1) is 11.3 Å². The van der Waals surface area contributed by atoms with Crippen LogP contribution in [0.1, 0.15) is 27.2 Å². The van der Waals surface area contributed by atoms with Crippen molar-refractivity contribution >= 4 is 17.2 Å². The zero-order valence-corrected chi connectivity index (χ0v) is 14.6. The minimum absolute atomic E-state index is 0.129. The van der Waals surface area contributed by atoms with Crippen LogP contribution in [0.2, 0.25) is 0 Å². The summed E-state index contributed by atoms with van der Waals surface area (Å²) in [5.74, 6) is -0.438. The van der Waals surface area contributed by atoms with Crippen molar-refractivity contribution in [1.82, 2.24) is 10.3 Å². The number of rotatable bonds is 4. The first-order valence-corrected chi connectivity index (χ1v) is 8.65. The molecule has 1 aromatic heterocycles. The summed E-state index contributed by atoms with van der Waals surface area (Å²) in [4.78, 5) is 16.4. The molecule has 0 spiro atoms. The molecule has 27 heavy (non-hydrogen) atoms. The zero-order chi connectivity index (χ0) is 19.4. The van der Waals surface area contributed by atoms with Crippen molar-refractivity contribution in [3.05, 3.63) is 76.3 Å². The number of aromatic nitrogens is 1. The van der Waals surface area contributed by atoms with Gasteiger partial charge in [-0.05, 0) is 29.8 Å². The van der Waals surface area contributed by atoms with E-state index in [0.717, 1.165) is 29.0 Å². The van der Waals surface area contributed by atoms with Gasteiger partial charge in [0.05, 0.1) is 17.2 Å². The topological polar surface area (TPSA) is 65.8 Å². The van der Waals surface area contributed by atoms with Crippen molar-refractivity contribution in [2.45, 2.75) is 12.7 Å². The SMILES string of the molecule is N#Cc1cccc(CNC(=O)c2csc(-c3cccc(C(F)(F)F)c3)n2)c1. The molecule has 8 heteroatoms. The number of hydrogen-bond donors (Lipinski definition) is 1. The molecule has 0 saturated carbocycles. The number of hydrogen-bond acceptors (Lipinski definition) is 4. The number of amides is 1. The lowest BCUT2D eigenvalue weighted by atomic mass is 10.1. The first-order chi connectivity index (χ1) is 12.9. The van der Waals surface area contributed by atoms with Crippen LogP contribution >= 0.6 is 11.3 Å². The number of halogens is 3. The molecule has 0 saturated heterocycles. The van der Waals surface area contributed by atoms with E-state index < -0.39 is 17.6 Å². The van der Waals surface area contributed by atoms with E-state index in [9.17, 15) is 18.0 Å². The highest BCUT2D eigenvalue weighted by molar-refractivity contribution is 7.13. The first kappa shape index (κ1) is 18.6. The van der Waals surface area contributed by atoms with E-state index in [4.69, 9.17) is 5.26 Å². The van der Waals surface area contributed by atoms with E-state index in [1.165, 1.54) is 17.5 Å². The second-order valence-electron chi connectivity index (χ2n) is 5.61. The van der Waals surface area contributed by atoms with Crippen molar-refractivity contribution in [2.24, 2.45) is 0 Å². The Kier molecular flexibility index (Phi) is 5.23. The minimum Gasteiger partial charge on any atom is -0.347 e. The summed E-state index contributed by atoms with van der Waals surface area (Å²) in [7, 11) is 0. The largest absolute Gasteiger partial charge is 0.416 e. The van der Waals surface area contributed by atoms with Gasteiger partial charge < -0.3 is 5.32 Å². The Balaban J connectivity index is 1.72. The van der Waals surface area contributed by atoms with Gasteiger partial charge in [0.15, 0.2) is 0 Å². The maximum atomic E-state index is 12.8. The molecule has 0 radical (unpaired) electrons. The van der Waals surface area contributed by atoms with Crippen LogP contribution in [0.4, 0.5) is 13.2 Å². The van der Waals surface area contributed by atoms with Gasteiger partial charge >= 0.3 is 6.18 Å². The average Bonchev–Trinajstić information content (AvgIpc) is 3.16. The molecule has 3 rings (SSSR count). The van der Waals surface area contributed by atoms with E-state index in [1.54, 1.807) is 24.3 Å². The number of thiazole rings is 1. The van der Waals surface area contributed by atoms with E-state index in [0.29, 0.717) is 16.1 Å². The molecule has 0 unspecified atom stereocenters. The summed E-state index contributed by atoms with van der Waals surface area (Å²) in [5, 5.41) is 13.4. The third-order valence-electron chi connectivity index (χ3n) is 3.68. The highest BCUT2D eigenvalue weighted by atomic mass is 32.1. The molecule has 0 aliphatic heterocycles. The summed E-state index contributed by atoms with van der Waals surface area (Å²) < 4.78 is 38.5. The zero-order valence-electron chi connectivity index (χ0n) is 13.7. The van der Waals surface area contributed by atoms with E-state index in [2.05, 4.69) is 10.3 Å². The Morgan fingerprint density at radius 3 is 2.70 bits per heavy atom. The van der Waals surface area contributed by atoms with Crippen molar-refractivity contribution < 1.29 is 18.0 Å². The molecule has 0 aliphatic rings. The third-order valence-corrected chi connectivity index (χ3v) is 4.57. The molecule has 0 atom stereocenters. The summed E-state index contributed by atoms with van der Waals surface area (Å²) in [5.41, 5.74) is 0.913. The smallest absolute Gasteiger partial charge is 0.347 e. The number of nitriles is 1. The van der Waals surface area contributed by atoms with Crippen LogP contribution in [-0.4, -0.2) is 10.9 Å². The van der Waals surface area contributed by atoms with Gasteiger partial charge in [0.25, 0.3) is 5.91 Å². The van der Waals surface area contributed by atoms with E-state index >= 15 is 0 Å². The molecule has 1 amide bonds. The molecule has 3 aromatic rings. The van der Waals surface area contributed by atoms with Crippen LogP contribution in [0.3, 0.4) is 0 Å². The van der Waals surface area contributed by atoms with Crippen molar-refractivity contribution in [3.8, 4) is 16.6 Å². The lowest BCUT2D eigenvalue weighted by molar-refractivity contribution is -0.137. The molecule has 136 valence electrons. The quantitative estimate of drug-likeness (QED) is 0.710. The fourth-order valence-electron chi connectivity index (χ4n) is 2.36. The molecule has 4 nitrogen and oxygen atoms in total. The molecular formula is C19H12F3N3OS. The second kappa shape index (κ2) is 7.60. The Labute approximate surface area is 156 Å². The Morgan fingerprint density at radius 2 is 1.96 bits per heavy atom. The molecule has 0 aliphatic carbocycles. The summed E-state index contributed by atoms with van der Waals surface area (Å²) in [6, 6.07) is 13.7. The van der Waals surface area contributed by atoms with Gasteiger partial charge in [0, 0.05) is 17.5 Å². The lowest BCUT2D eigenvalue weighted by Crippen LogP contribution is -2.23.